The number of hydrogen-bond donors (Lipinski definition) is 6. The molecule has 6 atom stereocenters. The van der Waals surface area contributed by atoms with Gasteiger partial charge in [-0.05, 0) is 63.0 Å². The first-order chi connectivity index (χ1) is 31.2. The van der Waals surface area contributed by atoms with Crippen molar-refractivity contribution in [2.45, 2.75) is 161 Å². The molecular weight excluding hydrogens is 831 g/mol. The van der Waals surface area contributed by atoms with Gasteiger partial charge in [-0.25, -0.2) is 9.59 Å². The van der Waals surface area contributed by atoms with Crippen molar-refractivity contribution < 1.29 is 43.3 Å². The Labute approximate surface area is 385 Å². The predicted molar refractivity (Wildman–Crippen MR) is 250 cm³/mol. The molecule has 2 aromatic carbocycles. The summed E-state index contributed by atoms with van der Waals surface area (Å²) in [7, 11) is 1.63. The van der Waals surface area contributed by atoms with Crippen LogP contribution in [0.25, 0.3) is 0 Å². The molecule has 2 aromatic rings. The lowest BCUT2D eigenvalue weighted by atomic mass is 9.83. The van der Waals surface area contributed by atoms with E-state index in [1.807, 2.05) is 54.4 Å². The van der Waals surface area contributed by atoms with Crippen LogP contribution in [0.2, 0.25) is 0 Å². The second-order valence-electron chi connectivity index (χ2n) is 17.1. The van der Waals surface area contributed by atoms with E-state index in [9.17, 15) is 33.9 Å². The Kier molecular flexibility index (Phi) is 24.0. The molecule has 360 valence electrons. The molecule has 0 heterocycles. The number of likely N-dealkylation sites (N-methyl/N-ethyl adjacent to an activating group) is 1. The highest BCUT2D eigenvalue weighted by atomic mass is 16.5. The average Bonchev–Trinajstić information content (AvgIpc) is 3.30. The van der Waals surface area contributed by atoms with Gasteiger partial charge in [-0.15, -0.1) is 0 Å². The predicted octanol–water partition coefficient (Wildman–Crippen LogP) is 5.75. The molecule has 0 spiro atoms. The minimum atomic E-state index is -1.53. The maximum atomic E-state index is 14.6. The maximum absolute atomic E-state index is 14.6. The average molecular weight is 906 g/mol. The third-order valence-corrected chi connectivity index (χ3v) is 11.7. The van der Waals surface area contributed by atoms with Crippen LogP contribution in [0, 0.1) is 5.92 Å². The van der Waals surface area contributed by atoms with Crippen molar-refractivity contribution >= 4 is 35.7 Å². The van der Waals surface area contributed by atoms with E-state index in [1.165, 1.54) is 11.8 Å². The molecule has 0 bridgehead atoms. The molecule has 0 aliphatic heterocycles. The fourth-order valence-corrected chi connectivity index (χ4v) is 7.98. The summed E-state index contributed by atoms with van der Waals surface area (Å²) in [6.45, 7) is 9.53. The van der Waals surface area contributed by atoms with Gasteiger partial charge in [-0.1, -0.05) is 126 Å². The molecule has 1 unspecified atom stereocenters. The van der Waals surface area contributed by atoms with Crippen molar-refractivity contribution in [3.05, 3.63) is 83.7 Å². The Bertz CT molecular complexity index is 1810. The van der Waals surface area contributed by atoms with E-state index in [0.717, 1.165) is 56.1 Å². The molecule has 0 saturated heterocycles. The number of allylic oxidation sites excluding steroid dienone is 1. The van der Waals surface area contributed by atoms with Gasteiger partial charge < -0.3 is 51.4 Å². The smallest absolute Gasteiger partial charge is 0.407 e. The summed E-state index contributed by atoms with van der Waals surface area (Å²) in [5, 5.41) is 21.0. The maximum Gasteiger partial charge on any atom is 0.407 e. The van der Waals surface area contributed by atoms with Gasteiger partial charge in [0.05, 0.1) is 19.3 Å². The number of carbonyl (C=O) groups excluding carboxylic acids is 5. The van der Waals surface area contributed by atoms with E-state index in [1.54, 1.807) is 38.2 Å². The number of amides is 5. The van der Waals surface area contributed by atoms with Crippen molar-refractivity contribution in [2.75, 3.05) is 20.1 Å². The first kappa shape index (κ1) is 53.7. The number of nitrogens with one attached hydrogen (secondary N) is 4. The first-order valence-electron chi connectivity index (χ1n) is 23.4. The van der Waals surface area contributed by atoms with E-state index in [4.69, 9.17) is 15.2 Å². The molecule has 1 saturated carbocycles. The number of carboxylic acids is 1. The lowest BCUT2D eigenvalue weighted by Crippen LogP contribution is -2.62. The monoisotopic (exact) mass is 906 g/mol. The zero-order valence-electron chi connectivity index (χ0n) is 39.4. The number of unbranched alkanes of at least 4 members (excludes halogenated alkanes) is 2. The highest BCUT2D eigenvalue weighted by molar-refractivity contribution is 5.96. The number of alkyl carbamates (subject to hydrolysis) is 1. The Hall–Kier alpha value is -5.64. The number of hydrogen-bond acceptors (Lipinski definition) is 10. The van der Waals surface area contributed by atoms with Crippen molar-refractivity contribution in [3.8, 4) is 0 Å². The summed E-state index contributed by atoms with van der Waals surface area (Å²) in [5.74, 6) is -4.00. The summed E-state index contributed by atoms with van der Waals surface area (Å²) >= 11 is 0. The molecule has 16 nitrogen and oxygen atoms in total. The van der Waals surface area contributed by atoms with Crippen LogP contribution in [0.5, 0.6) is 0 Å². The molecule has 1 aliphatic rings. The molecular formula is C49H75N7O9. The van der Waals surface area contributed by atoms with Crippen molar-refractivity contribution in [3.63, 3.8) is 0 Å². The number of aliphatic carboxylic acids is 1. The van der Waals surface area contributed by atoms with Crippen molar-refractivity contribution in [1.82, 2.24) is 31.1 Å². The Morgan fingerprint density at radius 3 is 1.97 bits per heavy atom. The van der Waals surface area contributed by atoms with Crippen molar-refractivity contribution in [1.29, 1.82) is 0 Å². The van der Waals surface area contributed by atoms with Gasteiger partial charge in [0.1, 0.15) is 30.8 Å². The van der Waals surface area contributed by atoms with Gasteiger partial charge >= 0.3 is 12.1 Å². The molecule has 0 radical (unpaired) electrons. The molecule has 1 fully saturated rings. The second kappa shape index (κ2) is 29.0. The van der Waals surface area contributed by atoms with Gasteiger partial charge in [0.2, 0.25) is 23.6 Å². The molecule has 0 aromatic heterocycles. The van der Waals surface area contributed by atoms with Crippen LogP contribution in [-0.2, 0) is 46.7 Å². The highest BCUT2D eigenvalue weighted by Crippen LogP contribution is 2.27. The zero-order valence-corrected chi connectivity index (χ0v) is 39.4. The number of ether oxygens (including phenoxy) is 2. The number of nitrogens with two attached hydrogens (primary N) is 1. The molecule has 5 amide bonds. The van der Waals surface area contributed by atoms with Crippen LogP contribution in [-0.4, -0.2) is 107 Å². The number of benzene rings is 2. The standard InChI is InChI=1S/C49H75N7O9/c1-7-10-28-41(56(29-11-8-2)31-34(4)50)47(60)55(6)40(21-9-3)45(58)54-43(38-26-19-14-20-27-38)46(59)52-39(30-51-49(63)65-33-37-24-17-13-18-25-37)44(57)53-42(48(61)62)35(5)64-32-36-22-15-12-16-23-36/h12-13,15-18,22-25,31,35,38-43H,7-11,14,19-21,26-30,32-33,50H2,1-6H3,(H,51,63)(H,52,59)(H,53,57)(H,54,58)(H,61,62)/b34-31+/t35-,39-,40-,41-,42-,43?/m0/s1. The minimum absolute atomic E-state index is 0.0571. The van der Waals surface area contributed by atoms with Crippen LogP contribution in [0.4, 0.5) is 4.79 Å². The third-order valence-electron chi connectivity index (χ3n) is 11.7. The topological polar surface area (TPSA) is 222 Å². The lowest BCUT2D eigenvalue weighted by Gasteiger charge is -2.37. The first-order valence-corrected chi connectivity index (χ1v) is 23.4. The van der Waals surface area contributed by atoms with Gasteiger partial charge in [0.15, 0.2) is 6.04 Å². The molecule has 7 N–H and O–H groups in total. The Morgan fingerprint density at radius 2 is 1.40 bits per heavy atom. The molecule has 3 rings (SSSR count). The number of nitrogens with zero attached hydrogens (tertiary/aromatic N) is 2. The minimum Gasteiger partial charge on any atom is -0.480 e. The number of carbonyl (C=O) groups is 6. The molecule has 65 heavy (non-hydrogen) atoms. The van der Waals surface area contributed by atoms with E-state index < -0.39 is 72.6 Å². The fourth-order valence-electron chi connectivity index (χ4n) is 7.98. The largest absolute Gasteiger partial charge is 0.480 e. The summed E-state index contributed by atoms with van der Waals surface area (Å²) < 4.78 is 11.2. The van der Waals surface area contributed by atoms with Crippen LogP contribution < -0.4 is 27.0 Å². The van der Waals surface area contributed by atoms with Crippen LogP contribution >= 0.6 is 0 Å². The number of carboxylic acid groups (broad SMARTS) is 1. The highest BCUT2D eigenvalue weighted by Gasteiger charge is 2.39. The van der Waals surface area contributed by atoms with Gasteiger partial charge in [-0.2, -0.15) is 0 Å². The van der Waals surface area contributed by atoms with Gasteiger partial charge in [-0.3, -0.25) is 19.2 Å². The Balaban J connectivity index is 1.91. The van der Waals surface area contributed by atoms with E-state index >= 15 is 0 Å². The lowest BCUT2D eigenvalue weighted by molar-refractivity contribution is -0.147. The summed E-state index contributed by atoms with van der Waals surface area (Å²) in [6, 6.07) is 12.5. The third kappa shape index (κ3) is 18.4. The fraction of sp³-hybridized carbons (Fsp3) is 0.592. The van der Waals surface area contributed by atoms with Crippen LogP contribution in [0.1, 0.15) is 123 Å². The SMILES string of the molecule is CCCC[C@@H](C(=O)N(C)[C@@H](CCC)C(=O)NC(C(=O)N[C@@H](CNC(=O)OCc1ccccc1)C(=O)N[C@H](C(=O)O)[C@H](C)OCc1ccccc1)C1CCCCC1)N(/C=C(\C)N)CCCC. The summed E-state index contributed by atoms with van der Waals surface area (Å²) in [4.78, 5) is 86.6. The van der Waals surface area contributed by atoms with Gasteiger partial charge in [0, 0.05) is 25.5 Å². The molecule has 16 heteroatoms. The normalized spacial score (nSPS) is 15.8. The molecule has 1 aliphatic carbocycles. The van der Waals surface area contributed by atoms with E-state index in [-0.39, 0.29) is 25.0 Å². The quantitative estimate of drug-likeness (QED) is 0.0604. The summed E-state index contributed by atoms with van der Waals surface area (Å²) in [5.41, 5.74) is 8.23. The summed E-state index contributed by atoms with van der Waals surface area (Å²) in [6.07, 6.45) is 8.69. The van der Waals surface area contributed by atoms with E-state index in [0.29, 0.717) is 44.3 Å². The van der Waals surface area contributed by atoms with Crippen LogP contribution in [0.3, 0.4) is 0 Å². The van der Waals surface area contributed by atoms with Crippen LogP contribution in [0.15, 0.2) is 72.6 Å². The Morgan fingerprint density at radius 1 is 0.785 bits per heavy atom. The van der Waals surface area contributed by atoms with Crippen molar-refractivity contribution in [2.24, 2.45) is 11.7 Å². The second-order valence-corrected chi connectivity index (χ2v) is 17.1. The zero-order chi connectivity index (χ0) is 47.7. The van der Waals surface area contributed by atoms with E-state index in [2.05, 4.69) is 35.1 Å². The van der Waals surface area contributed by atoms with Gasteiger partial charge in [0.25, 0.3) is 0 Å². The number of rotatable bonds is 28.